The molecule has 1 fully saturated rings. The van der Waals surface area contributed by atoms with E-state index >= 15 is 0 Å². The Kier molecular flexibility index (Phi) is 9.16. The minimum Gasteiger partial charge on any atom is -0.409 e. The second-order valence-electron chi connectivity index (χ2n) is 13.0. The lowest BCUT2D eigenvalue weighted by Gasteiger charge is -2.51. The first-order valence-electron chi connectivity index (χ1n) is 15.0. The average molecular weight is 541 g/mol. The van der Waals surface area contributed by atoms with Crippen LogP contribution in [0.5, 0.6) is 0 Å². The summed E-state index contributed by atoms with van der Waals surface area (Å²) in [6.45, 7) is 18.2. The SMILES string of the molecule is CC[Si](CC)(CC)O[C@]1(C)CC/C=C(/C)C[C@H]2O[C@@H]1[C@H]1[C@@H]2C(C)=C[C@@H](OCc2ccccc2)[C@@H]1C(C)(C)O. The summed E-state index contributed by atoms with van der Waals surface area (Å²) in [7, 11) is -1.92. The molecule has 0 aromatic heterocycles. The highest BCUT2D eigenvalue weighted by molar-refractivity contribution is 6.73. The number of rotatable bonds is 9. The molecule has 5 heteroatoms. The summed E-state index contributed by atoms with van der Waals surface area (Å²) in [4.78, 5) is 0. The maximum atomic E-state index is 11.7. The molecular formula is C33H52O4Si. The van der Waals surface area contributed by atoms with Crippen LogP contribution in [0.3, 0.4) is 0 Å². The Hall–Kier alpha value is -1.24. The molecule has 1 N–H and O–H groups in total. The molecule has 0 amide bonds. The van der Waals surface area contributed by atoms with E-state index in [4.69, 9.17) is 13.9 Å². The normalized spacial score (nSPS) is 35.4. The van der Waals surface area contributed by atoms with Gasteiger partial charge in [-0.2, -0.15) is 0 Å². The fourth-order valence-electron chi connectivity index (χ4n) is 7.74. The number of aliphatic hydroxyl groups is 1. The Morgan fingerprint density at radius 1 is 1.08 bits per heavy atom. The van der Waals surface area contributed by atoms with Crippen LogP contribution in [-0.2, 0) is 20.5 Å². The smallest absolute Gasteiger partial charge is 0.192 e. The Bertz CT molecular complexity index is 984. The van der Waals surface area contributed by atoms with Crippen molar-refractivity contribution in [3.05, 3.63) is 59.2 Å². The topological polar surface area (TPSA) is 47.9 Å². The van der Waals surface area contributed by atoms with Gasteiger partial charge in [0, 0.05) is 17.8 Å². The van der Waals surface area contributed by atoms with Crippen LogP contribution in [0.15, 0.2) is 53.6 Å². The number of hydrogen-bond donors (Lipinski definition) is 1. The maximum absolute atomic E-state index is 11.7. The van der Waals surface area contributed by atoms with Gasteiger partial charge in [-0.3, -0.25) is 0 Å². The van der Waals surface area contributed by atoms with Crippen molar-refractivity contribution in [3.8, 4) is 0 Å². The molecule has 2 heterocycles. The predicted molar refractivity (Wildman–Crippen MR) is 158 cm³/mol. The fraction of sp³-hybridized carbons (Fsp3) is 0.697. The van der Waals surface area contributed by atoms with Gasteiger partial charge in [0.1, 0.15) is 0 Å². The van der Waals surface area contributed by atoms with Gasteiger partial charge in [0.25, 0.3) is 0 Å². The van der Waals surface area contributed by atoms with Crippen molar-refractivity contribution in [2.45, 2.75) is 129 Å². The van der Waals surface area contributed by atoms with Crippen molar-refractivity contribution >= 4 is 8.32 Å². The zero-order chi connectivity index (χ0) is 27.7. The maximum Gasteiger partial charge on any atom is 0.192 e. The third kappa shape index (κ3) is 5.93. The Morgan fingerprint density at radius 3 is 2.34 bits per heavy atom. The van der Waals surface area contributed by atoms with Gasteiger partial charge in [-0.05, 0) is 77.6 Å². The lowest BCUT2D eigenvalue weighted by Crippen LogP contribution is -2.59. The molecule has 0 unspecified atom stereocenters. The number of ether oxygens (including phenoxy) is 2. The number of fused-ring (bicyclic) bond motifs is 5. The molecule has 0 saturated carbocycles. The monoisotopic (exact) mass is 540 g/mol. The molecule has 38 heavy (non-hydrogen) atoms. The molecule has 0 radical (unpaired) electrons. The van der Waals surface area contributed by atoms with E-state index < -0.39 is 19.5 Å². The van der Waals surface area contributed by atoms with E-state index in [1.807, 2.05) is 19.9 Å². The molecular weight excluding hydrogens is 488 g/mol. The molecule has 1 saturated heterocycles. The molecule has 3 aliphatic rings. The summed E-state index contributed by atoms with van der Waals surface area (Å²) in [5, 5.41) is 11.7. The third-order valence-corrected chi connectivity index (χ3v) is 14.7. The van der Waals surface area contributed by atoms with Crippen LogP contribution in [0.4, 0.5) is 0 Å². The van der Waals surface area contributed by atoms with E-state index in [-0.39, 0.29) is 36.1 Å². The lowest BCUT2D eigenvalue weighted by atomic mass is 9.60. The van der Waals surface area contributed by atoms with Gasteiger partial charge in [0.05, 0.1) is 36.1 Å². The van der Waals surface area contributed by atoms with Crippen LogP contribution in [0.1, 0.15) is 80.2 Å². The van der Waals surface area contributed by atoms with Crippen molar-refractivity contribution in [2.24, 2.45) is 17.8 Å². The Morgan fingerprint density at radius 2 is 1.74 bits per heavy atom. The van der Waals surface area contributed by atoms with Crippen molar-refractivity contribution in [3.63, 3.8) is 0 Å². The summed E-state index contributed by atoms with van der Waals surface area (Å²) in [6.07, 6.45) is 7.41. The van der Waals surface area contributed by atoms with Crippen LogP contribution in [0, 0.1) is 17.8 Å². The molecule has 7 atom stereocenters. The highest BCUT2D eigenvalue weighted by atomic mass is 28.4. The molecule has 212 valence electrons. The van der Waals surface area contributed by atoms with Gasteiger partial charge >= 0.3 is 0 Å². The van der Waals surface area contributed by atoms with E-state index in [9.17, 15) is 5.11 Å². The van der Waals surface area contributed by atoms with E-state index in [0.717, 1.165) is 43.0 Å². The molecule has 4 nitrogen and oxygen atoms in total. The second kappa shape index (κ2) is 11.7. The van der Waals surface area contributed by atoms with Crippen molar-refractivity contribution in [1.29, 1.82) is 0 Å². The molecule has 1 aliphatic carbocycles. The summed E-state index contributed by atoms with van der Waals surface area (Å²) in [5.74, 6) is 0.278. The summed E-state index contributed by atoms with van der Waals surface area (Å²) < 4.78 is 21.2. The zero-order valence-corrected chi connectivity index (χ0v) is 26.1. The van der Waals surface area contributed by atoms with Crippen molar-refractivity contribution in [2.75, 3.05) is 0 Å². The quantitative estimate of drug-likeness (QED) is 0.256. The number of hydrogen-bond acceptors (Lipinski definition) is 4. The van der Waals surface area contributed by atoms with Crippen molar-refractivity contribution < 1.29 is 19.0 Å². The predicted octanol–water partition coefficient (Wildman–Crippen LogP) is 7.83. The molecule has 1 aromatic rings. The van der Waals surface area contributed by atoms with E-state index in [1.54, 1.807) is 0 Å². The lowest BCUT2D eigenvalue weighted by molar-refractivity contribution is -0.144. The minimum absolute atomic E-state index is 0.0868. The minimum atomic E-state index is -1.92. The Labute approximate surface area is 233 Å². The van der Waals surface area contributed by atoms with Gasteiger partial charge < -0.3 is 19.0 Å². The first-order valence-corrected chi connectivity index (χ1v) is 17.6. The van der Waals surface area contributed by atoms with Gasteiger partial charge in [-0.25, -0.2) is 0 Å². The molecule has 2 bridgehead atoms. The van der Waals surface area contributed by atoms with Crippen molar-refractivity contribution in [1.82, 2.24) is 0 Å². The number of allylic oxidation sites excluding steroid dienone is 1. The largest absolute Gasteiger partial charge is 0.409 e. The van der Waals surface area contributed by atoms with Crippen LogP contribution >= 0.6 is 0 Å². The third-order valence-electron chi connectivity index (χ3n) is 9.95. The highest BCUT2D eigenvalue weighted by Gasteiger charge is 2.61. The summed E-state index contributed by atoms with van der Waals surface area (Å²) in [5.41, 5.74) is 2.56. The average Bonchev–Trinajstić information content (AvgIpc) is 3.27. The summed E-state index contributed by atoms with van der Waals surface area (Å²) >= 11 is 0. The van der Waals surface area contributed by atoms with E-state index in [1.165, 1.54) is 11.1 Å². The standard InChI is InChI=1S/C33H52O4Si/c1-9-38(10-2,11-3)37-33(8)19-15-16-23(4)20-26-28-24(5)21-27(35-22-25-17-13-12-14-18-25)30(32(6,7)34)29(28)31(33)36-26/h12-14,16-18,21,26-31,34H,9-11,15,19-20,22H2,1-8H3/b23-16-/t26-,27-,28-,29+,30+,31-,33-/m1/s1. The summed E-state index contributed by atoms with van der Waals surface area (Å²) in [6, 6.07) is 13.7. The molecule has 0 spiro atoms. The Balaban J connectivity index is 1.78. The zero-order valence-electron chi connectivity index (χ0n) is 25.1. The first-order chi connectivity index (χ1) is 18.0. The van der Waals surface area contributed by atoms with Gasteiger partial charge in [-0.1, -0.05) is 74.4 Å². The van der Waals surface area contributed by atoms with E-state index in [0.29, 0.717) is 6.61 Å². The second-order valence-corrected chi connectivity index (χ2v) is 17.7. The van der Waals surface area contributed by atoms with Gasteiger partial charge in [-0.15, -0.1) is 0 Å². The van der Waals surface area contributed by atoms with Crippen LogP contribution in [-0.4, -0.2) is 42.9 Å². The van der Waals surface area contributed by atoms with Gasteiger partial charge in [0.15, 0.2) is 8.32 Å². The molecule has 1 aromatic carbocycles. The van der Waals surface area contributed by atoms with E-state index in [2.05, 4.69) is 78.0 Å². The van der Waals surface area contributed by atoms with Gasteiger partial charge in [0.2, 0.25) is 0 Å². The number of benzene rings is 1. The van der Waals surface area contributed by atoms with Crippen LogP contribution in [0.25, 0.3) is 0 Å². The molecule has 2 aliphatic heterocycles. The van der Waals surface area contributed by atoms with Crippen LogP contribution in [0.2, 0.25) is 18.1 Å². The molecule has 4 rings (SSSR count). The van der Waals surface area contributed by atoms with Crippen LogP contribution < -0.4 is 0 Å². The highest BCUT2D eigenvalue weighted by Crippen LogP contribution is 2.56. The fourth-order valence-corrected chi connectivity index (χ4v) is 10.9. The first kappa shape index (κ1) is 29.7.